The molecule has 9 nitrogen and oxygen atoms in total. The van der Waals surface area contributed by atoms with Crippen molar-refractivity contribution >= 4 is 22.0 Å². The van der Waals surface area contributed by atoms with Crippen LogP contribution in [0.5, 0.6) is 0 Å². The molecule has 0 bridgehead atoms. The van der Waals surface area contributed by atoms with Crippen LogP contribution < -0.4 is 5.32 Å². The zero-order chi connectivity index (χ0) is 29.4. The molecule has 2 aromatic rings. The summed E-state index contributed by atoms with van der Waals surface area (Å²) in [6.45, 7) is 1.61. The van der Waals surface area contributed by atoms with Crippen molar-refractivity contribution in [3.05, 3.63) is 71.3 Å². The summed E-state index contributed by atoms with van der Waals surface area (Å²) in [5.41, 5.74) is -0.0142. The lowest BCUT2D eigenvalue weighted by Gasteiger charge is -2.48. The molecule has 0 spiro atoms. The Kier molecular flexibility index (Phi) is 8.21. The van der Waals surface area contributed by atoms with Gasteiger partial charge in [-0.05, 0) is 36.8 Å². The van der Waals surface area contributed by atoms with Crippen molar-refractivity contribution in [2.24, 2.45) is 5.92 Å². The lowest BCUT2D eigenvalue weighted by Crippen LogP contribution is -2.64. The largest absolute Gasteiger partial charge is 0.382 e. The lowest BCUT2D eigenvalue weighted by atomic mass is 9.88. The summed E-state index contributed by atoms with van der Waals surface area (Å²) in [5, 5.41) is 13.7. The average molecular weight is 591 g/mol. The third kappa shape index (κ3) is 6.15. The Morgan fingerprint density at radius 2 is 1.66 bits per heavy atom. The Morgan fingerprint density at radius 3 is 2.32 bits per heavy atom. The normalized spacial score (nSPS) is 23.7. The number of β-amino-alcohol motifs (C(OH)–C–C–N with tert-alkyl or cyclic N) is 1. The number of alkyl halides is 2. The van der Waals surface area contributed by atoms with E-state index in [-0.39, 0.29) is 43.6 Å². The maximum Gasteiger partial charge on any atom is 0.282 e. The van der Waals surface area contributed by atoms with Gasteiger partial charge in [-0.25, -0.2) is 8.78 Å². The summed E-state index contributed by atoms with van der Waals surface area (Å²) < 4.78 is 56.2. The van der Waals surface area contributed by atoms with Gasteiger partial charge in [-0.15, -0.1) is 0 Å². The van der Waals surface area contributed by atoms with Crippen LogP contribution in [-0.2, 0) is 37.9 Å². The zero-order valence-electron chi connectivity index (χ0n) is 23.0. The van der Waals surface area contributed by atoms with E-state index in [2.05, 4.69) is 5.32 Å². The quantitative estimate of drug-likeness (QED) is 0.491. The van der Waals surface area contributed by atoms with Crippen molar-refractivity contribution < 1.29 is 31.9 Å². The molecule has 12 heteroatoms. The minimum Gasteiger partial charge on any atom is -0.382 e. The molecule has 3 saturated heterocycles. The van der Waals surface area contributed by atoms with Gasteiger partial charge in [-0.3, -0.25) is 9.59 Å². The van der Waals surface area contributed by atoms with E-state index in [9.17, 15) is 31.9 Å². The number of carbonyl (C=O) groups is 2. The zero-order valence-corrected chi connectivity index (χ0v) is 23.8. The van der Waals surface area contributed by atoms with Gasteiger partial charge < -0.3 is 15.3 Å². The summed E-state index contributed by atoms with van der Waals surface area (Å²) in [4.78, 5) is 28.1. The van der Waals surface area contributed by atoms with Gasteiger partial charge in [-0.2, -0.15) is 17.0 Å². The summed E-state index contributed by atoms with van der Waals surface area (Å²) in [7, 11) is -3.87. The molecule has 5 rings (SSSR count). The van der Waals surface area contributed by atoms with Crippen LogP contribution in [0, 0.1) is 5.92 Å². The second kappa shape index (κ2) is 11.4. The molecule has 3 aliphatic heterocycles. The van der Waals surface area contributed by atoms with E-state index < -0.39 is 33.7 Å². The highest BCUT2D eigenvalue weighted by Crippen LogP contribution is 2.36. The van der Waals surface area contributed by atoms with E-state index in [1.165, 1.54) is 20.7 Å². The van der Waals surface area contributed by atoms with Gasteiger partial charge in [0.1, 0.15) is 11.6 Å². The number of nitrogens with zero attached hydrogens (tertiary/aromatic N) is 3. The molecule has 2 aromatic carbocycles. The van der Waals surface area contributed by atoms with Crippen LogP contribution >= 0.6 is 0 Å². The van der Waals surface area contributed by atoms with E-state index in [1.807, 2.05) is 6.07 Å². The Hall–Kier alpha value is -2.93. The molecule has 0 aromatic heterocycles. The molecule has 0 saturated carbocycles. The molecule has 222 valence electrons. The van der Waals surface area contributed by atoms with Gasteiger partial charge in [0.15, 0.2) is 0 Å². The summed E-state index contributed by atoms with van der Waals surface area (Å²) in [6, 6.07) is 14.0. The van der Waals surface area contributed by atoms with Crippen LogP contribution in [0.2, 0.25) is 0 Å². The van der Waals surface area contributed by atoms with Crippen molar-refractivity contribution in [3.8, 4) is 0 Å². The first-order valence-corrected chi connectivity index (χ1v) is 15.4. The van der Waals surface area contributed by atoms with E-state index >= 15 is 0 Å². The van der Waals surface area contributed by atoms with Gasteiger partial charge in [0.05, 0.1) is 5.92 Å². The average Bonchev–Trinajstić information content (AvgIpc) is 3.44. The van der Waals surface area contributed by atoms with Crippen molar-refractivity contribution in [3.63, 3.8) is 0 Å². The highest BCUT2D eigenvalue weighted by molar-refractivity contribution is 7.86. The van der Waals surface area contributed by atoms with Crippen LogP contribution in [0.25, 0.3) is 0 Å². The van der Waals surface area contributed by atoms with E-state index in [0.29, 0.717) is 49.9 Å². The second-order valence-corrected chi connectivity index (χ2v) is 13.3. The minimum absolute atomic E-state index is 0.0285. The fourth-order valence-electron chi connectivity index (χ4n) is 5.91. The molecule has 2 N–H and O–H groups in total. The molecule has 2 amide bonds. The van der Waals surface area contributed by atoms with Gasteiger partial charge in [0.2, 0.25) is 11.8 Å². The topological polar surface area (TPSA) is 110 Å². The third-order valence-electron chi connectivity index (χ3n) is 8.34. The van der Waals surface area contributed by atoms with E-state index in [4.69, 9.17) is 0 Å². The molecule has 3 fully saturated rings. The molecule has 2 atom stereocenters. The molecule has 3 aliphatic rings. The lowest BCUT2D eigenvalue weighted by molar-refractivity contribution is -0.142. The summed E-state index contributed by atoms with van der Waals surface area (Å²) in [6.07, 6.45) is 2.20. The first-order valence-electron chi connectivity index (χ1n) is 14.0. The maximum atomic E-state index is 13.5. The SMILES string of the molecule is CC(F)(F)c1ccc(CNC(=O)[C@H]2CCCN2C(=O)[C@H]2CCCN(S(=O)(=O)N3CC(O)(c4ccccc4)C3)C2)cc1. The number of amides is 2. The molecule has 41 heavy (non-hydrogen) atoms. The van der Waals surface area contributed by atoms with Gasteiger partial charge in [0.25, 0.3) is 16.1 Å². The van der Waals surface area contributed by atoms with Crippen molar-refractivity contribution in [1.29, 1.82) is 0 Å². The maximum absolute atomic E-state index is 13.5. The summed E-state index contributed by atoms with van der Waals surface area (Å²) in [5.74, 6) is -4.06. The number of benzene rings is 2. The first kappa shape index (κ1) is 29.6. The Bertz CT molecular complexity index is 1360. The van der Waals surface area contributed by atoms with Crippen molar-refractivity contribution in [1.82, 2.24) is 18.8 Å². The van der Waals surface area contributed by atoms with Crippen LogP contribution in [-0.4, -0.2) is 77.6 Å². The molecule has 0 radical (unpaired) electrons. The van der Waals surface area contributed by atoms with Crippen LogP contribution in [0.4, 0.5) is 8.78 Å². The third-order valence-corrected chi connectivity index (χ3v) is 10.2. The number of likely N-dealkylation sites (tertiary alicyclic amines) is 1. The molecular weight excluding hydrogens is 554 g/mol. The van der Waals surface area contributed by atoms with E-state index in [0.717, 1.165) is 6.92 Å². The number of rotatable bonds is 8. The van der Waals surface area contributed by atoms with Crippen LogP contribution in [0.3, 0.4) is 0 Å². The number of hydrogen-bond acceptors (Lipinski definition) is 5. The fraction of sp³-hybridized carbons (Fsp3) is 0.517. The summed E-state index contributed by atoms with van der Waals surface area (Å²) >= 11 is 0. The van der Waals surface area contributed by atoms with Crippen LogP contribution in [0.1, 0.15) is 49.3 Å². The van der Waals surface area contributed by atoms with Crippen molar-refractivity contribution in [2.75, 3.05) is 32.7 Å². The number of nitrogens with one attached hydrogen (secondary N) is 1. The van der Waals surface area contributed by atoms with Gasteiger partial charge >= 0.3 is 0 Å². The van der Waals surface area contributed by atoms with Crippen LogP contribution in [0.15, 0.2) is 54.6 Å². The highest BCUT2D eigenvalue weighted by Gasteiger charge is 2.50. The minimum atomic E-state index is -3.87. The van der Waals surface area contributed by atoms with Gasteiger partial charge in [-0.1, -0.05) is 54.6 Å². The number of carbonyl (C=O) groups excluding carboxylic acids is 2. The molecule has 3 heterocycles. The fourth-order valence-corrected chi connectivity index (χ4v) is 7.72. The number of halogens is 2. The highest BCUT2D eigenvalue weighted by atomic mass is 32.2. The Morgan fingerprint density at radius 1 is 1.00 bits per heavy atom. The first-order chi connectivity index (χ1) is 19.4. The monoisotopic (exact) mass is 590 g/mol. The smallest absolute Gasteiger partial charge is 0.282 e. The predicted molar refractivity (Wildman–Crippen MR) is 148 cm³/mol. The number of piperidine rings is 1. The van der Waals surface area contributed by atoms with Gasteiger partial charge in [0, 0.05) is 51.8 Å². The predicted octanol–water partition coefficient (Wildman–Crippen LogP) is 2.57. The second-order valence-electron chi connectivity index (χ2n) is 11.4. The molecule has 0 aliphatic carbocycles. The molecule has 0 unspecified atom stereocenters. The Labute approximate surface area is 239 Å². The standard InChI is InChI=1S/C29H36F2N4O5S/c1-28(30,31)23-13-11-21(12-14-23)17-32-26(36)25-10-6-16-35(25)27(37)22-7-5-15-33(18-22)41(39,40)34-19-29(38,20-34)24-8-3-2-4-9-24/h2-4,8-9,11-14,22,25,38H,5-7,10,15-20H2,1H3,(H,32,36)/t22-,25+/m0/s1. The Balaban J connectivity index is 1.17. The van der Waals surface area contributed by atoms with Crippen molar-refractivity contribution in [2.45, 2.75) is 56.7 Å². The molecular formula is C29H36F2N4O5S. The number of aliphatic hydroxyl groups is 1. The van der Waals surface area contributed by atoms with E-state index in [1.54, 1.807) is 41.3 Å². The number of hydrogen-bond donors (Lipinski definition) is 2.